The molecule has 2 aromatic rings. The van der Waals surface area contributed by atoms with Crippen LogP contribution in [0, 0.1) is 6.92 Å². The number of aromatic nitrogens is 4. The Hall–Kier alpha value is -2.08. The van der Waals surface area contributed by atoms with Crippen LogP contribution in [-0.4, -0.2) is 107 Å². The summed E-state index contributed by atoms with van der Waals surface area (Å²) < 4.78 is 29.6. The number of likely N-dealkylation sites (N-methyl/N-ethyl adjacent to an activating group) is 1. The van der Waals surface area contributed by atoms with Gasteiger partial charge in [-0.25, -0.2) is 27.7 Å². The SMILES string of the molecule is Cc1ncc(-c2ccnc(NC3CCN(S(=O)(=O)CCN4CCN(C)CC4)CC3)n2)n1C(C)C. The molecule has 2 aromatic heterocycles. The zero-order valence-electron chi connectivity index (χ0n) is 20.8. The van der Waals surface area contributed by atoms with E-state index in [1.165, 1.54) is 0 Å². The van der Waals surface area contributed by atoms with E-state index in [9.17, 15) is 8.42 Å². The van der Waals surface area contributed by atoms with Crippen LogP contribution >= 0.6 is 0 Å². The highest BCUT2D eigenvalue weighted by Gasteiger charge is 2.29. The summed E-state index contributed by atoms with van der Waals surface area (Å²) in [5, 5.41) is 3.42. The molecule has 0 spiro atoms. The van der Waals surface area contributed by atoms with Gasteiger partial charge in [0.15, 0.2) is 0 Å². The Balaban J connectivity index is 1.31. The number of imidazole rings is 1. The quantitative estimate of drug-likeness (QED) is 0.597. The summed E-state index contributed by atoms with van der Waals surface area (Å²) in [5.41, 5.74) is 1.80. The van der Waals surface area contributed by atoms with Gasteiger partial charge < -0.3 is 14.8 Å². The fourth-order valence-corrected chi connectivity index (χ4v) is 6.29. The van der Waals surface area contributed by atoms with E-state index in [-0.39, 0.29) is 17.8 Å². The highest BCUT2D eigenvalue weighted by Crippen LogP contribution is 2.24. The van der Waals surface area contributed by atoms with Gasteiger partial charge in [0.05, 0.1) is 23.3 Å². The van der Waals surface area contributed by atoms with Gasteiger partial charge in [-0.2, -0.15) is 0 Å². The van der Waals surface area contributed by atoms with Crippen LogP contribution < -0.4 is 5.32 Å². The van der Waals surface area contributed by atoms with E-state index >= 15 is 0 Å². The minimum absolute atomic E-state index is 0.149. The number of nitrogens with one attached hydrogen (secondary N) is 1. The maximum absolute atomic E-state index is 12.9. The number of aryl methyl sites for hydroxylation is 1. The van der Waals surface area contributed by atoms with Crippen molar-refractivity contribution >= 4 is 16.0 Å². The number of sulfonamides is 1. The minimum atomic E-state index is -3.24. The summed E-state index contributed by atoms with van der Waals surface area (Å²) in [7, 11) is -1.13. The molecule has 2 fully saturated rings. The molecule has 1 N–H and O–H groups in total. The van der Waals surface area contributed by atoms with Crippen molar-refractivity contribution in [2.24, 2.45) is 0 Å². The van der Waals surface area contributed by atoms with Gasteiger partial charge in [-0.1, -0.05) is 0 Å². The topological polar surface area (TPSA) is 99.5 Å². The Bertz CT molecular complexity index is 1050. The Labute approximate surface area is 203 Å². The molecule has 0 amide bonds. The van der Waals surface area contributed by atoms with Crippen molar-refractivity contribution in [2.75, 3.05) is 63.9 Å². The van der Waals surface area contributed by atoms with Gasteiger partial charge in [-0.15, -0.1) is 0 Å². The summed E-state index contributed by atoms with van der Waals surface area (Å²) >= 11 is 0. The van der Waals surface area contributed by atoms with Crippen LogP contribution in [0.3, 0.4) is 0 Å². The average Bonchev–Trinajstić information content (AvgIpc) is 3.21. The molecule has 10 nitrogen and oxygen atoms in total. The number of hydrogen-bond acceptors (Lipinski definition) is 8. The van der Waals surface area contributed by atoms with E-state index in [1.54, 1.807) is 10.5 Å². The molecular weight excluding hydrogens is 452 g/mol. The lowest BCUT2D eigenvalue weighted by Crippen LogP contribution is -2.48. The standard InChI is InChI=1S/C23H38N8O2S/c1-18(2)31-19(3)25-17-22(31)21-5-8-24-23(27-21)26-20-6-9-30(10-7-20)34(32,33)16-15-29-13-11-28(4)12-14-29/h5,8,17-18,20H,6-7,9-16H2,1-4H3,(H,24,26,27). The maximum atomic E-state index is 12.9. The van der Waals surface area contributed by atoms with Crippen LogP contribution in [0.1, 0.15) is 38.6 Å². The van der Waals surface area contributed by atoms with Gasteiger partial charge in [0.25, 0.3) is 0 Å². The van der Waals surface area contributed by atoms with Crippen molar-refractivity contribution in [1.29, 1.82) is 0 Å². The van der Waals surface area contributed by atoms with E-state index in [0.717, 1.165) is 56.2 Å². The second kappa shape index (κ2) is 10.7. The minimum Gasteiger partial charge on any atom is -0.351 e. The van der Waals surface area contributed by atoms with Crippen molar-refractivity contribution in [1.82, 2.24) is 33.6 Å². The van der Waals surface area contributed by atoms with E-state index in [2.05, 4.69) is 50.5 Å². The lowest BCUT2D eigenvalue weighted by atomic mass is 10.1. The molecule has 0 radical (unpaired) electrons. The summed E-state index contributed by atoms with van der Waals surface area (Å²) in [6.07, 6.45) is 5.09. The number of piperidine rings is 1. The number of nitrogens with zero attached hydrogens (tertiary/aromatic N) is 7. The second-order valence-electron chi connectivity index (χ2n) is 9.70. The largest absolute Gasteiger partial charge is 0.351 e. The molecule has 0 saturated carbocycles. The first-order chi connectivity index (χ1) is 16.2. The molecule has 11 heteroatoms. The monoisotopic (exact) mass is 490 g/mol. The fraction of sp³-hybridized carbons (Fsp3) is 0.696. The zero-order valence-corrected chi connectivity index (χ0v) is 21.6. The maximum Gasteiger partial charge on any atom is 0.223 e. The summed E-state index contributed by atoms with van der Waals surface area (Å²) in [6.45, 7) is 11.8. The molecule has 0 bridgehead atoms. The van der Waals surface area contributed by atoms with Gasteiger partial charge >= 0.3 is 0 Å². The average molecular weight is 491 g/mol. The molecule has 2 aliphatic heterocycles. The third kappa shape index (κ3) is 5.94. The molecule has 4 rings (SSSR count). The molecule has 188 valence electrons. The van der Waals surface area contributed by atoms with E-state index in [1.807, 2.05) is 19.2 Å². The lowest BCUT2D eigenvalue weighted by molar-refractivity contribution is 0.160. The predicted octanol–water partition coefficient (Wildman–Crippen LogP) is 1.68. The third-order valence-corrected chi connectivity index (χ3v) is 8.71. The first-order valence-corrected chi connectivity index (χ1v) is 13.9. The second-order valence-corrected chi connectivity index (χ2v) is 11.8. The van der Waals surface area contributed by atoms with Gasteiger partial charge in [0.2, 0.25) is 16.0 Å². The fourth-order valence-electron chi connectivity index (χ4n) is 4.77. The van der Waals surface area contributed by atoms with Crippen LogP contribution in [0.4, 0.5) is 5.95 Å². The number of anilines is 1. The van der Waals surface area contributed by atoms with E-state index in [0.29, 0.717) is 25.6 Å². The molecule has 0 aromatic carbocycles. The van der Waals surface area contributed by atoms with Crippen LogP contribution in [0.25, 0.3) is 11.4 Å². The van der Waals surface area contributed by atoms with E-state index < -0.39 is 10.0 Å². The van der Waals surface area contributed by atoms with Gasteiger partial charge in [0.1, 0.15) is 5.82 Å². The molecule has 2 saturated heterocycles. The molecular formula is C23H38N8O2S. The summed E-state index contributed by atoms with van der Waals surface area (Å²) in [5.74, 6) is 1.73. The first kappa shape index (κ1) is 25.0. The van der Waals surface area contributed by atoms with Crippen molar-refractivity contribution in [3.8, 4) is 11.4 Å². The van der Waals surface area contributed by atoms with Crippen LogP contribution in [-0.2, 0) is 10.0 Å². The highest BCUT2D eigenvalue weighted by molar-refractivity contribution is 7.89. The summed E-state index contributed by atoms with van der Waals surface area (Å²) in [6, 6.07) is 2.33. The summed E-state index contributed by atoms with van der Waals surface area (Å²) in [4.78, 5) is 18.1. The Morgan fingerprint density at radius 3 is 2.47 bits per heavy atom. The predicted molar refractivity (Wildman–Crippen MR) is 134 cm³/mol. The normalized spacial score (nSPS) is 19.7. The van der Waals surface area contributed by atoms with Gasteiger partial charge in [-0.05, 0) is 46.7 Å². The third-order valence-electron chi connectivity index (χ3n) is 6.86. The lowest BCUT2D eigenvalue weighted by Gasteiger charge is -2.34. The molecule has 0 aliphatic carbocycles. The zero-order chi connectivity index (χ0) is 24.3. The Morgan fingerprint density at radius 1 is 1.09 bits per heavy atom. The van der Waals surface area contributed by atoms with Crippen molar-refractivity contribution < 1.29 is 8.42 Å². The molecule has 0 unspecified atom stereocenters. The Kier molecular flexibility index (Phi) is 7.86. The van der Waals surface area contributed by atoms with Crippen molar-refractivity contribution in [3.05, 3.63) is 24.3 Å². The highest BCUT2D eigenvalue weighted by atomic mass is 32.2. The number of rotatable bonds is 8. The van der Waals surface area contributed by atoms with Gasteiger partial charge in [0, 0.05) is 64.1 Å². The van der Waals surface area contributed by atoms with Gasteiger partial charge in [-0.3, -0.25) is 4.90 Å². The Morgan fingerprint density at radius 2 is 1.79 bits per heavy atom. The van der Waals surface area contributed by atoms with Crippen LogP contribution in [0.2, 0.25) is 0 Å². The molecule has 4 heterocycles. The van der Waals surface area contributed by atoms with Crippen molar-refractivity contribution in [2.45, 2.75) is 45.7 Å². The molecule has 34 heavy (non-hydrogen) atoms. The van der Waals surface area contributed by atoms with E-state index in [4.69, 9.17) is 4.98 Å². The molecule has 0 atom stereocenters. The number of piperazine rings is 1. The van der Waals surface area contributed by atoms with Crippen LogP contribution in [0.5, 0.6) is 0 Å². The smallest absolute Gasteiger partial charge is 0.223 e. The molecule has 2 aliphatic rings. The van der Waals surface area contributed by atoms with Crippen LogP contribution in [0.15, 0.2) is 18.5 Å². The first-order valence-electron chi connectivity index (χ1n) is 12.3. The number of hydrogen-bond donors (Lipinski definition) is 1. The van der Waals surface area contributed by atoms with Crippen molar-refractivity contribution in [3.63, 3.8) is 0 Å².